The third kappa shape index (κ3) is 2.43. The van der Waals surface area contributed by atoms with Crippen molar-refractivity contribution in [1.29, 1.82) is 0 Å². The number of nitrogens with zero attached hydrogens (tertiary/aromatic N) is 3. The number of nitrogens with one attached hydrogen (secondary N) is 1. The van der Waals surface area contributed by atoms with Gasteiger partial charge in [-0.15, -0.1) is 0 Å². The second-order valence-electron chi connectivity index (χ2n) is 5.03. The summed E-state index contributed by atoms with van der Waals surface area (Å²) < 4.78 is 0. The van der Waals surface area contributed by atoms with Crippen LogP contribution in [0.5, 0.6) is 0 Å². The van der Waals surface area contributed by atoms with E-state index < -0.39 is 0 Å². The zero-order valence-electron chi connectivity index (χ0n) is 11.6. The molecule has 1 saturated heterocycles. The van der Waals surface area contributed by atoms with Crippen LogP contribution < -0.4 is 10.2 Å². The normalized spacial score (nSPS) is 14.8. The van der Waals surface area contributed by atoms with Crippen LogP contribution in [0.3, 0.4) is 0 Å². The highest BCUT2D eigenvalue weighted by Gasteiger charge is 2.16. The minimum absolute atomic E-state index is 0.0122. The summed E-state index contributed by atoms with van der Waals surface area (Å²) in [5, 5.41) is 3.91. The van der Waals surface area contributed by atoms with Gasteiger partial charge < -0.3 is 10.2 Å². The maximum atomic E-state index is 11.4. The zero-order chi connectivity index (χ0) is 13.9. The van der Waals surface area contributed by atoms with E-state index in [1.165, 1.54) is 12.8 Å². The molecular formula is C15H18N4O. The smallest absolute Gasteiger partial charge is 0.224 e. The monoisotopic (exact) mass is 270 g/mol. The van der Waals surface area contributed by atoms with Crippen LogP contribution in [-0.4, -0.2) is 29.0 Å². The summed E-state index contributed by atoms with van der Waals surface area (Å²) in [6.45, 7) is 3.95. The van der Waals surface area contributed by atoms with Crippen molar-refractivity contribution < 1.29 is 4.79 Å². The first-order chi connectivity index (χ1) is 9.78. The number of fused-ring (bicyclic) bond motifs is 1. The molecule has 1 aliphatic rings. The molecule has 3 rings (SSSR count). The predicted octanol–water partition coefficient (Wildman–Crippen LogP) is 2.58. The van der Waals surface area contributed by atoms with Crippen molar-refractivity contribution in [3.05, 3.63) is 24.5 Å². The van der Waals surface area contributed by atoms with Gasteiger partial charge in [-0.05, 0) is 31.0 Å². The highest BCUT2D eigenvalue weighted by Crippen LogP contribution is 2.27. The molecule has 0 saturated carbocycles. The number of hydrogen-bond acceptors (Lipinski definition) is 4. The van der Waals surface area contributed by atoms with Crippen LogP contribution in [0.15, 0.2) is 24.5 Å². The van der Waals surface area contributed by atoms with Crippen LogP contribution >= 0.6 is 0 Å². The number of hydrogen-bond donors (Lipinski definition) is 1. The fourth-order valence-electron chi connectivity index (χ4n) is 2.55. The summed E-state index contributed by atoms with van der Waals surface area (Å²) in [6.07, 6.45) is 4.51. The average molecular weight is 270 g/mol. The molecule has 0 spiro atoms. The molecule has 1 fully saturated rings. The lowest BCUT2D eigenvalue weighted by Gasteiger charge is -2.18. The second kappa shape index (κ2) is 5.45. The molecule has 5 heteroatoms. The maximum Gasteiger partial charge on any atom is 0.224 e. The van der Waals surface area contributed by atoms with Gasteiger partial charge in [0.15, 0.2) is 0 Å². The van der Waals surface area contributed by atoms with Crippen LogP contribution in [0.1, 0.15) is 26.2 Å². The number of aromatic nitrogens is 2. The standard InChI is InChI=1S/C15H18N4O/c1-2-14(20)18-11-5-6-12-13(9-11)16-10-17-15(12)19-7-3-4-8-19/h5-6,9-10H,2-4,7-8H2,1H3,(H,18,20). The molecule has 2 aromatic rings. The van der Waals surface area contributed by atoms with Crippen molar-refractivity contribution in [2.75, 3.05) is 23.3 Å². The van der Waals surface area contributed by atoms with Crippen molar-refractivity contribution in [3.63, 3.8) is 0 Å². The molecule has 1 aromatic carbocycles. The molecule has 0 aliphatic carbocycles. The minimum atomic E-state index is 0.0122. The Balaban J connectivity index is 1.97. The van der Waals surface area contributed by atoms with E-state index in [1.807, 2.05) is 25.1 Å². The SMILES string of the molecule is CCC(=O)Nc1ccc2c(N3CCCC3)ncnc2c1. The lowest BCUT2D eigenvalue weighted by molar-refractivity contribution is -0.115. The van der Waals surface area contributed by atoms with Crippen LogP contribution in [0.2, 0.25) is 0 Å². The molecule has 1 N–H and O–H groups in total. The van der Waals surface area contributed by atoms with Gasteiger partial charge in [0.05, 0.1) is 5.52 Å². The second-order valence-corrected chi connectivity index (χ2v) is 5.03. The predicted molar refractivity (Wildman–Crippen MR) is 79.9 cm³/mol. The molecule has 1 amide bonds. The van der Waals surface area contributed by atoms with Crippen LogP contribution in [-0.2, 0) is 4.79 Å². The van der Waals surface area contributed by atoms with Crippen molar-refractivity contribution in [1.82, 2.24) is 9.97 Å². The number of anilines is 2. The molecule has 0 bridgehead atoms. The first kappa shape index (κ1) is 12.8. The van der Waals surface area contributed by atoms with E-state index >= 15 is 0 Å². The van der Waals surface area contributed by atoms with Gasteiger partial charge in [-0.3, -0.25) is 4.79 Å². The van der Waals surface area contributed by atoms with E-state index in [0.29, 0.717) is 6.42 Å². The average Bonchev–Trinajstić information content (AvgIpc) is 3.00. The van der Waals surface area contributed by atoms with Crippen LogP contribution in [0.25, 0.3) is 10.9 Å². The topological polar surface area (TPSA) is 58.1 Å². The van der Waals surface area contributed by atoms with Crippen LogP contribution in [0, 0.1) is 0 Å². The highest BCUT2D eigenvalue weighted by molar-refractivity contribution is 5.96. The number of rotatable bonds is 3. The van der Waals surface area contributed by atoms with Crippen molar-refractivity contribution in [2.24, 2.45) is 0 Å². The maximum absolute atomic E-state index is 11.4. The van der Waals surface area contributed by atoms with Gasteiger partial charge in [-0.2, -0.15) is 0 Å². The van der Waals surface area contributed by atoms with Crippen LogP contribution in [0.4, 0.5) is 11.5 Å². The lowest BCUT2D eigenvalue weighted by Crippen LogP contribution is -2.19. The Labute approximate surface area is 118 Å². The van der Waals surface area contributed by atoms with Crippen molar-refractivity contribution >= 4 is 28.3 Å². The molecule has 104 valence electrons. The van der Waals surface area contributed by atoms with Gasteiger partial charge in [-0.1, -0.05) is 6.92 Å². The molecular weight excluding hydrogens is 252 g/mol. The Morgan fingerprint density at radius 2 is 2.10 bits per heavy atom. The Morgan fingerprint density at radius 1 is 1.30 bits per heavy atom. The van der Waals surface area contributed by atoms with E-state index in [0.717, 1.165) is 35.5 Å². The first-order valence-corrected chi connectivity index (χ1v) is 7.07. The Morgan fingerprint density at radius 3 is 2.85 bits per heavy atom. The van der Waals surface area contributed by atoms with Gasteiger partial charge in [0.25, 0.3) is 0 Å². The third-order valence-electron chi connectivity index (χ3n) is 3.63. The molecule has 20 heavy (non-hydrogen) atoms. The van der Waals surface area contributed by atoms with Gasteiger partial charge in [0.1, 0.15) is 12.1 Å². The van der Waals surface area contributed by atoms with E-state index in [2.05, 4.69) is 20.2 Å². The molecule has 1 aromatic heterocycles. The van der Waals surface area contributed by atoms with Gasteiger partial charge in [0, 0.05) is 30.6 Å². The Kier molecular flexibility index (Phi) is 3.50. The molecule has 0 radical (unpaired) electrons. The van der Waals surface area contributed by atoms with Crippen molar-refractivity contribution in [2.45, 2.75) is 26.2 Å². The van der Waals surface area contributed by atoms with E-state index in [-0.39, 0.29) is 5.91 Å². The summed E-state index contributed by atoms with van der Waals surface area (Å²) in [5.74, 6) is 1.01. The first-order valence-electron chi connectivity index (χ1n) is 7.07. The quantitative estimate of drug-likeness (QED) is 0.931. The molecule has 5 nitrogen and oxygen atoms in total. The van der Waals surface area contributed by atoms with E-state index in [1.54, 1.807) is 6.33 Å². The number of carbonyl (C=O) groups is 1. The Hall–Kier alpha value is -2.17. The summed E-state index contributed by atoms with van der Waals surface area (Å²) in [4.78, 5) is 22.5. The van der Waals surface area contributed by atoms with E-state index in [4.69, 9.17) is 0 Å². The zero-order valence-corrected chi connectivity index (χ0v) is 11.6. The summed E-state index contributed by atoms with van der Waals surface area (Å²) in [6, 6.07) is 5.82. The lowest BCUT2D eigenvalue weighted by atomic mass is 10.2. The fourth-order valence-corrected chi connectivity index (χ4v) is 2.55. The molecule has 0 atom stereocenters. The largest absolute Gasteiger partial charge is 0.356 e. The highest BCUT2D eigenvalue weighted by atomic mass is 16.1. The Bertz CT molecular complexity index is 635. The molecule has 1 aliphatic heterocycles. The number of benzene rings is 1. The third-order valence-corrected chi connectivity index (χ3v) is 3.63. The molecule has 0 unspecified atom stereocenters. The minimum Gasteiger partial charge on any atom is -0.356 e. The van der Waals surface area contributed by atoms with Gasteiger partial charge in [0.2, 0.25) is 5.91 Å². The summed E-state index contributed by atoms with van der Waals surface area (Å²) in [5.41, 5.74) is 1.66. The van der Waals surface area contributed by atoms with Gasteiger partial charge >= 0.3 is 0 Å². The fraction of sp³-hybridized carbons (Fsp3) is 0.400. The summed E-state index contributed by atoms with van der Waals surface area (Å²) in [7, 11) is 0. The summed E-state index contributed by atoms with van der Waals surface area (Å²) >= 11 is 0. The number of carbonyl (C=O) groups excluding carboxylic acids is 1. The number of amides is 1. The van der Waals surface area contributed by atoms with E-state index in [9.17, 15) is 4.79 Å². The molecule has 2 heterocycles. The van der Waals surface area contributed by atoms with Gasteiger partial charge in [-0.25, -0.2) is 9.97 Å². The van der Waals surface area contributed by atoms with Crippen molar-refractivity contribution in [3.8, 4) is 0 Å².